The molecular formula is C28H27N3O2. The van der Waals surface area contributed by atoms with E-state index in [2.05, 4.69) is 43.4 Å². The summed E-state index contributed by atoms with van der Waals surface area (Å²) in [7, 11) is 0. The molecule has 0 radical (unpaired) electrons. The van der Waals surface area contributed by atoms with Gasteiger partial charge in [-0.25, -0.2) is 9.97 Å². The molecule has 1 aliphatic rings. The first kappa shape index (κ1) is 21.1. The highest BCUT2D eigenvalue weighted by atomic mass is 16.3. The minimum Gasteiger partial charge on any atom is -0.508 e. The van der Waals surface area contributed by atoms with Crippen molar-refractivity contribution >= 4 is 22.5 Å². The smallest absolute Gasteiger partial charge is 0.229 e. The fourth-order valence-electron chi connectivity index (χ4n) is 4.51. The number of aryl methyl sites for hydroxylation is 2. The van der Waals surface area contributed by atoms with Crippen LogP contribution in [0.4, 0.5) is 5.82 Å². The number of fused-ring (bicyclic) bond motifs is 4. The lowest BCUT2D eigenvalue weighted by atomic mass is 9.91. The maximum absolute atomic E-state index is 13.0. The van der Waals surface area contributed by atoms with E-state index in [0.717, 1.165) is 63.8 Å². The van der Waals surface area contributed by atoms with Crippen molar-refractivity contribution in [2.24, 2.45) is 5.92 Å². The van der Waals surface area contributed by atoms with Gasteiger partial charge in [-0.05, 0) is 65.3 Å². The van der Waals surface area contributed by atoms with Crippen LogP contribution in [0.5, 0.6) is 5.75 Å². The highest BCUT2D eigenvalue weighted by molar-refractivity contribution is 5.93. The van der Waals surface area contributed by atoms with Crippen molar-refractivity contribution in [2.75, 3.05) is 5.32 Å². The number of phenolic OH excluding ortho intramolecular Hbond substituents is 1. The van der Waals surface area contributed by atoms with Gasteiger partial charge in [-0.1, -0.05) is 56.3 Å². The Labute approximate surface area is 193 Å². The van der Waals surface area contributed by atoms with E-state index < -0.39 is 0 Å². The minimum absolute atomic E-state index is 0.0920. The molecule has 0 saturated heterocycles. The molecule has 2 N–H and O–H groups in total. The van der Waals surface area contributed by atoms with Gasteiger partial charge in [-0.3, -0.25) is 4.79 Å². The normalized spacial score (nSPS) is 12.5. The summed E-state index contributed by atoms with van der Waals surface area (Å²) in [5.74, 6) is 1.11. The van der Waals surface area contributed by atoms with Crippen LogP contribution in [0.1, 0.15) is 36.4 Å². The lowest BCUT2D eigenvalue weighted by molar-refractivity contribution is -0.115. The Morgan fingerprint density at radius 2 is 1.82 bits per heavy atom. The summed E-state index contributed by atoms with van der Waals surface area (Å²) in [6, 6.07) is 19.7. The molecule has 1 amide bonds. The molecule has 33 heavy (non-hydrogen) atoms. The SMILES string of the molecule is CC(C)Cc1nc2c(nc1NC(=O)Cc1ccc3ccccc3c1)CCc1cc(O)ccc1-2. The highest BCUT2D eigenvalue weighted by Crippen LogP contribution is 2.35. The largest absolute Gasteiger partial charge is 0.508 e. The Kier molecular flexibility index (Phi) is 5.55. The van der Waals surface area contributed by atoms with Crippen LogP contribution in [0.3, 0.4) is 0 Å². The number of benzene rings is 3. The van der Waals surface area contributed by atoms with Crippen molar-refractivity contribution in [1.82, 2.24) is 9.97 Å². The van der Waals surface area contributed by atoms with Gasteiger partial charge < -0.3 is 10.4 Å². The lowest BCUT2D eigenvalue weighted by Gasteiger charge is -2.21. The van der Waals surface area contributed by atoms with Crippen LogP contribution in [0.25, 0.3) is 22.0 Å². The predicted molar refractivity (Wildman–Crippen MR) is 131 cm³/mol. The van der Waals surface area contributed by atoms with Gasteiger partial charge in [-0.15, -0.1) is 0 Å². The van der Waals surface area contributed by atoms with Crippen LogP contribution in [0.2, 0.25) is 0 Å². The number of aromatic hydroxyl groups is 1. The molecule has 5 heteroatoms. The van der Waals surface area contributed by atoms with E-state index in [1.807, 2.05) is 24.3 Å². The number of amides is 1. The van der Waals surface area contributed by atoms with E-state index in [4.69, 9.17) is 9.97 Å². The second-order valence-electron chi connectivity index (χ2n) is 9.16. The third-order valence-electron chi connectivity index (χ3n) is 6.05. The van der Waals surface area contributed by atoms with Crippen LogP contribution < -0.4 is 5.32 Å². The second-order valence-corrected chi connectivity index (χ2v) is 9.16. The predicted octanol–water partition coefficient (Wildman–Crippen LogP) is 5.48. The molecule has 0 saturated carbocycles. The molecular weight excluding hydrogens is 410 g/mol. The number of phenols is 1. The Balaban J connectivity index is 1.44. The molecule has 0 bridgehead atoms. The Bertz CT molecular complexity index is 1360. The standard InChI is InChI=1S/C28H27N3O2/c1-17(2)13-25-28(30-24-12-9-21-16-22(32)10-11-23(21)27(24)29-25)31-26(33)15-18-7-8-19-5-3-4-6-20(19)14-18/h3-8,10-11,14,16-17,32H,9,12-13,15H2,1-2H3,(H,30,31,33). The van der Waals surface area contributed by atoms with Crippen molar-refractivity contribution < 1.29 is 9.90 Å². The van der Waals surface area contributed by atoms with E-state index in [1.165, 1.54) is 0 Å². The van der Waals surface area contributed by atoms with Crippen LogP contribution in [0, 0.1) is 5.92 Å². The molecule has 0 unspecified atom stereocenters. The second kappa shape index (κ2) is 8.66. The van der Waals surface area contributed by atoms with E-state index in [-0.39, 0.29) is 18.1 Å². The van der Waals surface area contributed by atoms with E-state index in [0.29, 0.717) is 11.7 Å². The Hall–Kier alpha value is -3.73. The average molecular weight is 438 g/mol. The Morgan fingerprint density at radius 3 is 2.64 bits per heavy atom. The van der Waals surface area contributed by atoms with Gasteiger partial charge in [0.15, 0.2) is 5.82 Å². The summed E-state index contributed by atoms with van der Waals surface area (Å²) in [6.07, 6.45) is 2.53. The third kappa shape index (κ3) is 4.44. The van der Waals surface area contributed by atoms with Crippen molar-refractivity contribution in [2.45, 2.75) is 39.5 Å². The minimum atomic E-state index is -0.0920. The molecule has 4 aromatic rings. The number of hydrogen-bond donors (Lipinski definition) is 2. The molecule has 1 heterocycles. The summed E-state index contributed by atoms with van der Waals surface area (Å²) in [5, 5.41) is 15.2. The maximum Gasteiger partial charge on any atom is 0.229 e. The molecule has 0 fully saturated rings. The molecule has 3 aromatic carbocycles. The first-order valence-corrected chi connectivity index (χ1v) is 11.5. The van der Waals surface area contributed by atoms with Crippen molar-refractivity contribution in [3.8, 4) is 17.0 Å². The van der Waals surface area contributed by atoms with Gasteiger partial charge in [-0.2, -0.15) is 0 Å². The summed E-state index contributed by atoms with van der Waals surface area (Å²) < 4.78 is 0. The zero-order valence-corrected chi connectivity index (χ0v) is 18.9. The van der Waals surface area contributed by atoms with Crippen molar-refractivity contribution in [3.05, 3.63) is 83.2 Å². The van der Waals surface area contributed by atoms with Gasteiger partial charge >= 0.3 is 0 Å². The van der Waals surface area contributed by atoms with E-state index >= 15 is 0 Å². The third-order valence-corrected chi connectivity index (χ3v) is 6.05. The molecule has 5 rings (SSSR count). The quantitative estimate of drug-likeness (QED) is 0.433. The summed E-state index contributed by atoms with van der Waals surface area (Å²) in [5.41, 5.74) is 5.62. The molecule has 0 atom stereocenters. The number of anilines is 1. The number of carbonyl (C=O) groups excluding carboxylic acids is 1. The molecule has 1 aromatic heterocycles. The zero-order chi connectivity index (χ0) is 22.9. The van der Waals surface area contributed by atoms with Crippen LogP contribution in [-0.2, 0) is 30.5 Å². The number of nitrogens with zero attached hydrogens (tertiary/aromatic N) is 2. The molecule has 0 spiro atoms. The van der Waals surface area contributed by atoms with E-state index in [9.17, 15) is 9.90 Å². The van der Waals surface area contributed by atoms with Crippen molar-refractivity contribution in [1.29, 1.82) is 0 Å². The monoisotopic (exact) mass is 437 g/mol. The lowest BCUT2D eigenvalue weighted by Crippen LogP contribution is -2.20. The van der Waals surface area contributed by atoms with Gasteiger partial charge in [0.05, 0.1) is 23.5 Å². The van der Waals surface area contributed by atoms with Gasteiger partial charge in [0.1, 0.15) is 5.75 Å². The average Bonchev–Trinajstić information content (AvgIpc) is 2.79. The van der Waals surface area contributed by atoms with Gasteiger partial charge in [0.2, 0.25) is 5.91 Å². The van der Waals surface area contributed by atoms with Crippen LogP contribution in [-0.4, -0.2) is 21.0 Å². The zero-order valence-electron chi connectivity index (χ0n) is 18.9. The fraction of sp³-hybridized carbons (Fsp3) is 0.250. The first-order chi connectivity index (χ1) is 16.0. The molecule has 166 valence electrons. The van der Waals surface area contributed by atoms with Crippen LogP contribution >= 0.6 is 0 Å². The van der Waals surface area contributed by atoms with Gasteiger partial charge in [0, 0.05) is 5.56 Å². The highest BCUT2D eigenvalue weighted by Gasteiger charge is 2.23. The number of hydrogen-bond acceptors (Lipinski definition) is 4. The Morgan fingerprint density at radius 1 is 1.00 bits per heavy atom. The molecule has 1 aliphatic carbocycles. The summed E-state index contributed by atoms with van der Waals surface area (Å²) in [6.45, 7) is 4.27. The number of rotatable bonds is 5. The van der Waals surface area contributed by atoms with E-state index in [1.54, 1.807) is 12.1 Å². The fourth-order valence-corrected chi connectivity index (χ4v) is 4.51. The molecule has 5 nitrogen and oxygen atoms in total. The first-order valence-electron chi connectivity index (χ1n) is 11.5. The molecule has 0 aliphatic heterocycles. The van der Waals surface area contributed by atoms with Crippen LogP contribution in [0.15, 0.2) is 60.7 Å². The van der Waals surface area contributed by atoms with Gasteiger partial charge in [0.25, 0.3) is 0 Å². The summed E-state index contributed by atoms with van der Waals surface area (Å²) in [4.78, 5) is 22.8. The van der Waals surface area contributed by atoms with Crippen molar-refractivity contribution in [3.63, 3.8) is 0 Å². The number of nitrogens with one attached hydrogen (secondary N) is 1. The topological polar surface area (TPSA) is 75.1 Å². The number of aromatic nitrogens is 2. The maximum atomic E-state index is 13.0. The number of carbonyl (C=O) groups is 1. The summed E-state index contributed by atoms with van der Waals surface area (Å²) >= 11 is 0.